The van der Waals surface area contributed by atoms with Crippen LogP contribution in [0.2, 0.25) is 0 Å². The van der Waals surface area contributed by atoms with Crippen LogP contribution in [0, 0.1) is 6.61 Å². The third kappa shape index (κ3) is 13.5. The lowest BCUT2D eigenvalue weighted by molar-refractivity contribution is -0.140. The summed E-state index contributed by atoms with van der Waals surface area (Å²) in [5, 5.41) is 0. The van der Waals surface area contributed by atoms with E-state index in [1.807, 2.05) is 0 Å². The summed E-state index contributed by atoms with van der Waals surface area (Å²) in [5.74, 6) is -0.0894. The molecular formula is C16H31O2. The van der Waals surface area contributed by atoms with Crippen molar-refractivity contribution in [1.82, 2.24) is 0 Å². The molecule has 0 aromatic carbocycles. The number of unbranched alkanes of at least 4 members (excludes halogenated alkanes) is 10. The van der Waals surface area contributed by atoms with E-state index >= 15 is 0 Å². The highest BCUT2D eigenvalue weighted by Crippen LogP contribution is 2.12. The van der Waals surface area contributed by atoms with Crippen molar-refractivity contribution in [2.75, 3.05) is 0 Å². The fraction of sp³-hybridized carbons (Fsp3) is 0.875. The third-order valence-corrected chi connectivity index (χ3v) is 3.23. The SMILES string of the molecule is C[CH]OC(=O)CCCCCCCCCCCCC. The second-order valence-electron chi connectivity index (χ2n) is 5.01. The van der Waals surface area contributed by atoms with E-state index in [1.165, 1.54) is 64.4 Å². The van der Waals surface area contributed by atoms with Gasteiger partial charge in [-0.25, -0.2) is 0 Å². The van der Waals surface area contributed by atoms with Gasteiger partial charge < -0.3 is 4.74 Å². The summed E-state index contributed by atoms with van der Waals surface area (Å²) in [6.07, 6.45) is 15.0. The van der Waals surface area contributed by atoms with E-state index in [1.54, 1.807) is 6.92 Å². The maximum Gasteiger partial charge on any atom is 0.306 e. The van der Waals surface area contributed by atoms with E-state index in [-0.39, 0.29) is 5.97 Å². The van der Waals surface area contributed by atoms with Crippen LogP contribution in [-0.4, -0.2) is 5.97 Å². The van der Waals surface area contributed by atoms with Crippen molar-refractivity contribution in [1.29, 1.82) is 0 Å². The lowest BCUT2D eigenvalue weighted by Crippen LogP contribution is -2.00. The number of hydrogen-bond acceptors (Lipinski definition) is 2. The van der Waals surface area contributed by atoms with Crippen LogP contribution in [0.15, 0.2) is 0 Å². The molecule has 0 aliphatic rings. The first-order chi connectivity index (χ1) is 8.81. The van der Waals surface area contributed by atoms with E-state index in [0.29, 0.717) is 6.42 Å². The number of carbonyl (C=O) groups is 1. The van der Waals surface area contributed by atoms with Crippen molar-refractivity contribution in [3.8, 4) is 0 Å². The zero-order chi connectivity index (χ0) is 13.5. The molecule has 0 N–H and O–H groups in total. The highest BCUT2D eigenvalue weighted by Gasteiger charge is 2.00. The molecule has 2 heteroatoms. The third-order valence-electron chi connectivity index (χ3n) is 3.23. The molecule has 0 saturated carbocycles. The fourth-order valence-electron chi connectivity index (χ4n) is 2.12. The Morgan fingerprint density at radius 2 is 1.28 bits per heavy atom. The van der Waals surface area contributed by atoms with Gasteiger partial charge in [-0.1, -0.05) is 71.1 Å². The van der Waals surface area contributed by atoms with E-state index in [2.05, 4.69) is 6.92 Å². The van der Waals surface area contributed by atoms with Crippen molar-refractivity contribution in [3.05, 3.63) is 6.61 Å². The van der Waals surface area contributed by atoms with Crippen molar-refractivity contribution in [3.63, 3.8) is 0 Å². The van der Waals surface area contributed by atoms with Gasteiger partial charge in [-0.2, -0.15) is 0 Å². The number of carbonyl (C=O) groups excluding carboxylic acids is 1. The summed E-state index contributed by atoms with van der Waals surface area (Å²) in [6.45, 7) is 5.45. The molecule has 18 heavy (non-hydrogen) atoms. The van der Waals surface area contributed by atoms with Gasteiger partial charge in [0.2, 0.25) is 0 Å². The molecule has 0 aliphatic heterocycles. The van der Waals surface area contributed by atoms with Gasteiger partial charge in [0.15, 0.2) is 0 Å². The summed E-state index contributed by atoms with van der Waals surface area (Å²) in [4.78, 5) is 11.0. The van der Waals surface area contributed by atoms with Crippen LogP contribution in [0.4, 0.5) is 0 Å². The second kappa shape index (κ2) is 14.5. The zero-order valence-electron chi connectivity index (χ0n) is 12.4. The maximum atomic E-state index is 11.0. The lowest BCUT2D eigenvalue weighted by Gasteiger charge is -2.02. The van der Waals surface area contributed by atoms with Crippen LogP contribution >= 0.6 is 0 Å². The Kier molecular flexibility index (Phi) is 14.1. The zero-order valence-corrected chi connectivity index (χ0v) is 12.4. The van der Waals surface area contributed by atoms with Crippen molar-refractivity contribution < 1.29 is 9.53 Å². The minimum Gasteiger partial charge on any atom is -0.459 e. The van der Waals surface area contributed by atoms with Crippen LogP contribution in [0.5, 0.6) is 0 Å². The molecule has 0 heterocycles. The molecule has 0 saturated heterocycles. The number of rotatable bonds is 13. The van der Waals surface area contributed by atoms with Crippen LogP contribution in [0.3, 0.4) is 0 Å². The molecule has 0 unspecified atom stereocenters. The van der Waals surface area contributed by atoms with Gasteiger partial charge in [-0.3, -0.25) is 4.79 Å². The molecule has 0 atom stereocenters. The molecule has 107 valence electrons. The van der Waals surface area contributed by atoms with Crippen LogP contribution in [0.25, 0.3) is 0 Å². The van der Waals surface area contributed by atoms with E-state index < -0.39 is 0 Å². The Morgan fingerprint density at radius 3 is 1.72 bits per heavy atom. The summed E-state index contributed by atoms with van der Waals surface area (Å²) < 4.78 is 4.77. The molecule has 0 aromatic rings. The molecule has 0 rings (SSSR count). The van der Waals surface area contributed by atoms with Crippen molar-refractivity contribution in [2.24, 2.45) is 0 Å². The van der Waals surface area contributed by atoms with E-state index in [0.717, 1.165) is 12.8 Å². The van der Waals surface area contributed by atoms with E-state index in [4.69, 9.17) is 4.74 Å². The van der Waals surface area contributed by atoms with Gasteiger partial charge in [0, 0.05) is 6.42 Å². The molecule has 0 aliphatic carbocycles. The van der Waals surface area contributed by atoms with Crippen molar-refractivity contribution in [2.45, 2.75) is 90.9 Å². The molecular weight excluding hydrogens is 224 g/mol. The molecule has 0 fully saturated rings. The first-order valence-electron chi connectivity index (χ1n) is 7.78. The Morgan fingerprint density at radius 1 is 0.833 bits per heavy atom. The van der Waals surface area contributed by atoms with E-state index in [9.17, 15) is 4.79 Å². The standard InChI is InChI=1S/C16H31O2/c1-3-5-6-7-8-9-10-11-12-13-14-15-16(17)18-4-2/h4H,3,5-15H2,1-2H3. The average molecular weight is 255 g/mol. The lowest BCUT2D eigenvalue weighted by atomic mass is 10.1. The Labute approximate surface area is 113 Å². The fourth-order valence-corrected chi connectivity index (χ4v) is 2.12. The maximum absolute atomic E-state index is 11.0. The number of hydrogen-bond donors (Lipinski definition) is 0. The Balaban J connectivity index is 3.01. The first-order valence-corrected chi connectivity index (χ1v) is 7.78. The molecule has 1 radical (unpaired) electrons. The van der Waals surface area contributed by atoms with Gasteiger partial charge in [0.1, 0.15) is 6.61 Å². The topological polar surface area (TPSA) is 26.3 Å². The predicted molar refractivity (Wildman–Crippen MR) is 77.1 cm³/mol. The summed E-state index contributed by atoms with van der Waals surface area (Å²) in [6, 6.07) is 0. The Bertz CT molecular complexity index is 178. The van der Waals surface area contributed by atoms with Gasteiger partial charge in [-0.15, -0.1) is 0 Å². The van der Waals surface area contributed by atoms with Crippen molar-refractivity contribution >= 4 is 5.97 Å². The average Bonchev–Trinajstić information content (AvgIpc) is 2.36. The number of esters is 1. The van der Waals surface area contributed by atoms with Gasteiger partial charge in [-0.05, 0) is 13.3 Å². The van der Waals surface area contributed by atoms with Gasteiger partial charge in [0.25, 0.3) is 0 Å². The highest BCUT2D eigenvalue weighted by atomic mass is 16.5. The first kappa shape index (κ1) is 17.5. The smallest absolute Gasteiger partial charge is 0.306 e. The highest BCUT2D eigenvalue weighted by molar-refractivity contribution is 5.69. The monoisotopic (exact) mass is 255 g/mol. The number of ether oxygens (including phenoxy) is 1. The van der Waals surface area contributed by atoms with Crippen LogP contribution < -0.4 is 0 Å². The quantitative estimate of drug-likeness (QED) is 0.325. The van der Waals surface area contributed by atoms with Gasteiger partial charge in [0.05, 0.1) is 0 Å². The Hall–Kier alpha value is -0.530. The largest absolute Gasteiger partial charge is 0.459 e. The summed E-state index contributed by atoms with van der Waals surface area (Å²) in [7, 11) is 0. The minimum atomic E-state index is -0.0894. The molecule has 0 bridgehead atoms. The summed E-state index contributed by atoms with van der Waals surface area (Å²) >= 11 is 0. The molecule has 0 spiro atoms. The summed E-state index contributed by atoms with van der Waals surface area (Å²) in [5.41, 5.74) is 0. The van der Waals surface area contributed by atoms with Crippen LogP contribution in [-0.2, 0) is 9.53 Å². The molecule has 0 amide bonds. The normalized spacial score (nSPS) is 10.6. The second-order valence-corrected chi connectivity index (χ2v) is 5.01. The predicted octanol–water partition coefficient (Wildman–Crippen LogP) is 5.41. The minimum absolute atomic E-state index is 0.0894. The van der Waals surface area contributed by atoms with Gasteiger partial charge >= 0.3 is 5.97 Å². The van der Waals surface area contributed by atoms with Crippen LogP contribution in [0.1, 0.15) is 90.9 Å². The molecule has 0 aromatic heterocycles. The molecule has 2 nitrogen and oxygen atoms in total.